The second-order valence-electron chi connectivity index (χ2n) is 4.67. The van der Waals surface area contributed by atoms with E-state index in [0.717, 1.165) is 39.6 Å². The van der Waals surface area contributed by atoms with Crippen molar-refractivity contribution in [2.24, 2.45) is 0 Å². The van der Waals surface area contributed by atoms with Crippen molar-refractivity contribution in [1.82, 2.24) is 10.3 Å². The first kappa shape index (κ1) is 16.5. The van der Waals surface area contributed by atoms with E-state index in [0.29, 0.717) is 12.5 Å². The van der Waals surface area contributed by atoms with Crippen molar-refractivity contribution in [3.63, 3.8) is 0 Å². The molecular formula is C16H18Br2N2O. The molecule has 0 atom stereocenters. The number of hydrogen-bond donors (Lipinski definition) is 1. The van der Waals surface area contributed by atoms with E-state index in [1.807, 2.05) is 30.3 Å². The van der Waals surface area contributed by atoms with Crippen LogP contribution in [-0.2, 0) is 13.2 Å². The predicted molar refractivity (Wildman–Crippen MR) is 92.4 cm³/mol. The lowest BCUT2D eigenvalue weighted by Gasteiger charge is -2.12. The lowest BCUT2D eigenvalue weighted by atomic mass is 10.2. The van der Waals surface area contributed by atoms with Crippen LogP contribution in [0.15, 0.2) is 45.5 Å². The molecule has 0 amide bonds. The van der Waals surface area contributed by atoms with E-state index in [1.54, 1.807) is 6.20 Å². The molecule has 112 valence electrons. The quantitative estimate of drug-likeness (QED) is 0.668. The Balaban J connectivity index is 2.06. The highest BCUT2D eigenvalue weighted by Gasteiger charge is 2.08. The van der Waals surface area contributed by atoms with Crippen LogP contribution in [0.4, 0.5) is 0 Å². The number of halogens is 2. The molecule has 5 heteroatoms. The highest BCUT2D eigenvalue weighted by molar-refractivity contribution is 9.10. The smallest absolute Gasteiger partial charge is 0.218 e. The van der Waals surface area contributed by atoms with Crippen LogP contribution in [0.1, 0.15) is 24.5 Å². The molecule has 1 heterocycles. The van der Waals surface area contributed by atoms with E-state index in [-0.39, 0.29) is 0 Å². The lowest BCUT2D eigenvalue weighted by molar-refractivity contribution is 0.289. The molecule has 3 nitrogen and oxygen atoms in total. The van der Waals surface area contributed by atoms with Crippen molar-refractivity contribution in [3.8, 4) is 5.88 Å². The Labute approximate surface area is 142 Å². The van der Waals surface area contributed by atoms with Crippen LogP contribution < -0.4 is 10.1 Å². The van der Waals surface area contributed by atoms with Crippen LogP contribution >= 0.6 is 31.9 Å². The Morgan fingerprint density at radius 3 is 2.76 bits per heavy atom. The Bertz CT molecular complexity index is 590. The average Bonchev–Trinajstić information content (AvgIpc) is 2.48. The normalized spacial score (nSPS) is 10.6. The molecule has 1 N–H and O–H groups in total. The van der Waals surface area contributed by atoms with Gasteiger partial charge in [0.1, 0.15) is 6.61 Å². The molecule has 0 radical (unpaired) electrons. The molecule has 0 aliphatic heterocycles. The van der Waals surface area contributed by atoms with Crippen molar-refractivity contribution in [3.05, 3.63) is 56.6 Å². The fourth-order valence-electron chi connectivity index (χ4n) is 1.89. The van der Waals surface area contributed by atoms with Gasteiger partial charge in [0.2, 0.25) is 5.88 Å². The molecule has 0 fully saturated rings. The monoisotopic (exact) mass is 412 g/mol. The molecular weight excluding hydrogens is 396 g/mol. The van der Waals surface area contributed by atoms with Gasteiger partial charge in [0.15, 0.2) is 0 Å². The number of rotatable bonds is 7. The standard InChI is InChI=1S/C16H18Br2N2O/c1-2-7-19-9-13-8-14(17)10-20-16(13)21-11-12-5-3-4-6-15(12)18/h3-6,8,10,19H,2,7,9,11H2,1H3. The Kier molecular flexibility index (Phi) is 6.67. The summed E-state index contributed by atoms with van der Waals surface area (Å²) in [7, 11) is 0. The molecule has 1 aromatic carbocycles. The van der Waals surface area contributed by atoms with Gasteiger partial charge in [-0.1, -0.05) is 41.1 Å². The van der Waals surface area contributed by atoms with Crippen molar-refractivity contribution < 1.29 is 4.74 Å². The summed E-state index contributed by atoms with van der Waals surface area (Å²) in [5.41, 5.74) is 2.17. The van der Waals surface area contributed by atoms with Gasteiger partial charge in [-0.2, -0.15) is 0 Å². The maximum absolute atomic E-state index is 5.89. The third-order valence-corrected chi connectivity index (χ3v) is 4.16. The number of pyridine rings is 1. The molecule has 2 aromatic rings. The Morgan fingerprint density at radius 2 is 2.00 bits per heavy atom. The summed E-state index contributed by atoms with van der Waals surface area (Å²) in [4.78, 5) is 4.38. The molecule has 0 aliphatic rings. The average molecular weight is 414 g/mol. The van der Waals surface area contributed by atoms with Crippen LogP contribution in [0, 0.1) is 0 Å². The van der Waals surface area contributed by atoms with Crippen molar-refractivity contribution in [2.45, 2.75) is 26.5 Å². The zero-order valence-electron chi connectivity index (χ0n) is 11.9. The van der Waals surface area contributed by atoms with Gasteiger partial charge < -0.3 is 10.1 Å². The second kappa shape index (κ2) is 8.51. The maximum Gasteiger partial charge on any atom is 0.218 e. The van der Waals surface area contributed by atoms with Gasteiger partial charge in [-0.3, -0.25) is 0 Å². The third kappa shape index (κ3) is 5.09. The summed E-state index contributed by atoms with van der Waals surface area (Å²) in [5, 5.41) is 3.38. The maximum atomic E-state index is 5.89. The van der Waals surface area contributed by atoms with Crippen molar-refractivity contribution in [2.75, 3.05) is 6.54 Å². The van der Waals surface area contributed by atoms with Crippen molar-refractivity contribution in [1.29, 1.82) is 0 Å². The van der Waals surface area contributed by atoms with Gasteiger partial charge in [0.05, 0.1) is 0 Å². The predicted octanol–water partition coefficient (Wildman–Crippen LogP) is 4.69. The molecule has 1 aromatic heterocycles. The largest absolute Gasteiger partial charge is 0.473 e. The number of nitrogens with zero attached hydrogens (tertiary/aromatic N) is 1. The Hall–Kier alpha value is -0.910. The van der Waals surface area contributed by atoms with Gasteiger partial charge in [-0.25, -0.2) is 4.98 Å². The van der Waals surface area contributed by atoms with Gasteiger partial charge in [-0.15, -0.1) is 0 Å². The number of aromatic nitrogens is 1. The van der Waals surface area contributed by atoms with Gasteiger partial charge >= 0.3 is 0 Å². The van der Waals surface area contributed by atoms with E-state index in [1.165, 1.54) is 0 Å². The van der Waals surface area contributed by atoms with Crippen LogP contribution in [0.25, 0.3) is 0 Å². The highest BCUT2D eigenvalue weighted by Crippen LogP contribution is 2.23. The summed E-state index contributed by atoms with van der Waals surface area (Å²) in [6, 6.07) is 10.1. The molecule has 0 aliphatic carbocycles. The zero-order chi connectivity index (χ0) is 15.1. The fraction of sp³-hybridized carbons (Fsp3) is 0.312. The summed E-state index contributed by atoms with van der Waals surface area (Å²) in [6.45, 7) is 4.38. The molecule has 0 unspecified atom stereocenters. The summed E-state index contributed by atoms with van der Waals surface area (Å²) in [6.07, 6.45) is 2.87. The van der Waals surface area contributed by atoms with Crippen LogP contribution in [0.5, 0.6) is 5.88 Å². The first-order valence-electron chi connectivity index (χ1n) is 6.92. The van der Waals surface area contributed by atoms with Gasteiger partial charge in [0, 0.05) is 32.8 Å². The summed E-state index contributed by atoms with van der Waals surface area (Å²) in [5.74, 6) is 0.678. The van der Waals surface area contributed by atoms with E-state index in [2.05, 4.69) is 49.1 Å². The number of benzene rings is 1. The molecule has 0 spiro atoms. The third-order valence-electron chi connectivity index (χ3n) is 2.96. The Morgan fingerprint density at radius 1 is 1.19 bits per heavy atom. The SMILES string of the molecule is CCCNCc1cc(Br)cnc1OCc1ccccc1Br. The minimum Gasteiger partial charge on any atom is -0.473 e. The van der Waals surface area contributed by atoms with Crippen molar-refractivity contribution >= 4 is 31.9 Å². The van der Waals surface area contributed by atoms with E-state index < -0.39 is 0 Å². The number of hydrogen-bond acceptors (Lipinski definition) is 3. The number of ether oxygens (including phenoxy) is 1. The van der Waals surface area contributed by atoms with Gasteiger partial charge in [0.25, 0.3) is 0 Å². The summed E-state index contributed by atoms with van der Waals surface area (Å²) < 4.78 is 7.90. The second-order valence-corrected chi connectivity index (χ2v) is 6.44. The molecule has 2 rings (SSSR count). The van der Waals surface area contributed by atoms with Gasteiger partial charge in [-0.05, 0) is 41.0 Å². The van der Waals surface area contributed by atoms with E-state index in [4.69, 9.17) is 4.74 Å². The van der Waals surface area contributed by atoms with Crippen LogP contribution in [-0.4, -0.2) is 11.5 Å². The summed E-state index contributed by atoms with van der Waals surface area (Å²) >= 11 is 6.99. The van der Waals surface area contributed by atoms with E-state index >= 15 is 0 Å². The highest BCUT2D eigenvalue weighted by atomic mass is 79.9. The fourth-order valence-corrected chi connectivity index (χ4v) is 2.66. The molecule has 0 saturated heterocycles. The molecule has 0 bridgehead atoms. The van der Waals surface area contributed by atoms with Crippen LogP contribution in [0.3, 0.4) is 0 Å². The number of nitrogens with one attached hydrogen (secondary N) is 1. The van der Waals surface area contributed by atoms with Crippen LogP contribution in [0.2, 0.25) is 0 Å². The zero-order valence-corrected chi connectivity index (χ0v) is 15.1. The minimum absolute atomic E-state index is 0.497. The first-order chi connectivity index (χ1) is 10.2. The van der Waals surface area contributed by atoms with E-state index in [9.17, 15) is 0 Å². The minimum atomic E-state index is 0.497. The lowest BCUT2D eigenvalue weighted by Crippen LogP contribution is -2.15. The molecule has 0 saturated carbocycles. The molecule has 21 heavy (non-hydrogen) atoms. The first-order valence-corrected chi connectivity index (χ1v) is 8.50. The topological polar surface area (TPSA) is 34.2 Å².